The zero-order valence-corrected chi connectivity index (χ0v) is 10.2. The van der Waals surface area contributed by atoms with Crippen molar-refractivity contribution in [3.05, 3.63) is 42.0 Å². The van der Waals surface area contributed by atoms with E-state index in [2.05, 4.69) is 0 Å². The highest BCUT2D eigenvalue weighted by atomic mass is 16.7. The predicted molar refractivity (Wildman–Crippen MR) is 66.4 cm³/mol. The first-order valence-electron chi connectivity index (χ1n) is 5.80. The third-order valence-electron chi connectivity index (χ3n) is 2.70. The van der Waals surface area contributed by atoms with Gasteiger partial charge in [-0.2, -0.15) is 0 Å². The number of benzene rings is 1. The Labute approximate surface area is 102 Å². The highest BCUT2D eigenvalue weighted by Gasteiger charge is 2.35. The van der Waals surface area contributed by atoms with Gasteiger partial charge in [0.05, 0.1) is 6.61 Å². The van der Waals surface area contributed by atoms with E-state index in [0.717, 1.165) is 5.56 Å². The van der Waals surface area contributed by atoms with Crippen LogP contribution in [0.4, 0.5) is 0 Å². The first kappa shape index (κ1) is 12.3. The van der Waals surface area contributed by atoms with E-state index in [0.29, 0.717) is 6.61 Å². The van der Waals surface area contributed by atoms with Gasteiger partial charge >= 0.3 is 0 Å². The fourth-order valence-corrected chi connectivity index (χ4v) is 1.78. The summed E-state index contributed by atoms with van der Waals surface area (Å²) in [5.41, 5.74) is 1.06. The van der Waals surface area contributed by atoms with Gasteiger partial charge in [0.2, 0.25) is 0 Å². The van der Waals surface area contributed by atoms with Crippen LogP contribution in [-0.4, -0.2) is 29.7 Å². The molecule has 0 aromatic heterocycles. The quantitative estimate of drug-likeness (QED) is 0.871. The van der Waals surface area contributed by atoms with E-state index < -0.39 is 11.9 Å². The van der Waals surface area contributed by atoms with Crippen molar-refractivity contribution in [2.24, 2.45) is 0 Å². The Morgan fingerprint density at radius 3 is 2.65 bits per heavy atom. The molecule has 1 aromatic carbocycles. The molecule has 17 heavy (non-hydrogen) atoms. The van der Waals surface area contributed by atoms with Gasteiger partial charge in [-0.1, -0.05) is 42.5 Å². The fraction of sp³-hybridized carbons (Fsp3) is 0.429. The van der Waals surface area contributed by atoms with E-state index in [4.69, 9.17) is 9.47 Å². The molecule has 0 bridgehead atoms. The number of hydrogen-bond acceptors (Lipinski definition) is 3. The smallest absolute Gasteiger partial charge is 0.163 e. The molecule has 0 aliphatic carbocycles. The van der Waals surface area contributed by atoms with Crippen LogP contribution in [-0.2, 0) is 9.47 Å². The average molecular weight is 234 g/mol. The van der Waals surface area contributed by atoms with Crippen LogP contribution in [0.1, 0.15) is 19.4 Å². The van der Waals surface area contributed by atoms with Crippen molar-refractivity contribution >= 4 is 6.08 Å². The average Bonchev–Trinajstić information content (AvgIpc) is 2.68. The zero-order valence-electron chi connectivity index (χ0n) is 10.2. The molecule has 0 amide bonds. The van der Waals surface area contributed by atoms with Crippen molar-refractivity contribution < 1.29 is 14.6 Å². The van der Waals surface area contributed by atoms with Crippen molar-refractivity contribution in [3.8, 4) is 0 Å². The van der Waals surface area contributed by atoms with Crippen LogP contribution in [0.25, 0.3) is 6.08 Å². The molecule has 92 valence electrons. The van der Waals surface area contributed by atoms with Gasteiger partial charge in [-0.3, -0.25) is 0 Å². The number of ether oxygens (including phenoxy) is 2. The maximum atomic E-state index is 9.95. The Balaban J connectivity index is 1.94. The molecule has 1 fully saturated rings. The number of aliphatic hydroxyl groups excluding tert-OH is 1. The molecular formula is C14H18O3. The normalized spacial score (nSPS) is 25.2. The van der Waals surface area contributed by atoms with Crippen molar-refractivity contribution in [2.75, 3.05) is 6.61 Å². The summed E-state index contributed by atoms with van der Waals surface area (Å²) in [6, 6.07) is 9.86. The molecule has 1 N–H and O–H groups in total. The van der Waals surface area contributed by atoms with Gasteiger partial charge in [-0.15, -0.1) is 0 Å². The van der Waals surface area contributed by atoms with Gasteiger partial charge < -0.3 is 14.6 Å². The number of rotatable bonds is 3. The molecule has 1 aliphatic rings. The molecule has 0 radical (unpaired) electrons. The molecule has 1 saturated heterocycles. The molecule has 2 atom stereocenters. The number of aliphatic hydroxyl groups is 1. The zero-order chi connectivity index (χ0) is 12.3. The Kier molecular flexibility index (Phi) is 3.62. The highest BCUT2D eigenvalue weighted by Crippen LogP contribution is 2.24. The van der Waals surface area contributed by atoms with Crippen molar-refractivity contribution in [3.63, 3.8) is 0 Å². The summed E-state index contributed by atoms with van der Waals surface area (Å²) >= 11 is 0. The summed E-state index contributed by atoms with van der Waals surface area (Å²) < 4.78 is 11.0. The molecule has 1 heterocycles. The molecule has 2 rings (SSSR count). The standard InChI is InChI=1S/C14H18O3/c1-14(2)16-10-13(17-14)12(15)9-8-11-6-4-3-5-7-11/h3-9,12-13,15H,10H2,1-2H3/b9-8+/t12?,13-/m1/s1. The monoisotopic (exact) mass is 234 g/mol. The van der Waals surface area contributed by atoms with Crippen molar-refractivity contribution in [1.82, 2.24) is 0 Å². The third kappa shape index (κ3) is 3.40. The van der Waals surface area contributed by atoms with Crippen molar-refractivity contribution in [1.29, 1.82) is 0 Å². The van der Waals surface area contributed by atoms with E-state index in [9.17, 15) is 5.11 Å². The Hall–Kier alpha value is -1.16. The maximum absolute atomic E-state index is 9.95. The summed E-state index contributed by atoms with van der Waals surface area (Å²) in [5.74, 6) is -0.591. The van der Waals surface area contributed by atoms with Crippen molar-refractivity contribution in [2.45, 2.75) is 31.8 Å². The lowest BCUT2D eigenvalue weighted by atomic mass is 10.1. The second kappa shape index (κ2) is 5.00. The highest BCUT2D eigenvalue weighted by molar-refractivity contribution is 5.49. The third-order valence-corrected chi connectivity index (χ3v) is 2.70. The van der Waals surface area contributed by atoms with E-state index >= 15 is 0 Å². The van der Waals surface area contributed by atoms with Gasteiger partial charge in [-0.05, 0) is 19.4 Å². The molecule has 3 heteroatoms. The van der Waals surface area contributed by atoms with Gasteiger partial charge in [0.1, 0.15) is 12.2 Å². The van der Waals surface area contributed by atoms with Crippen LogP contribution < -0.4 is 0 Å². The SMILES string of the molecule is CC1(C)OC[C@H](C(O)/C=C/c2ccccc2)O1. The summed E-state index contributed by atoms with van der Waals surface area (Å²) in [7, 11) is 0. The van der Waals surface area contributed by atoms with Gasteiger partial charge in [0.15, 0.2) is 5.79 Å². The Morgan fingerprint density at radius 1 is 1.35 bits per heavy atom. The molecule has 1 aromatic rings. The fourth-order valence-electron chi connectivity index (χ4n) is 1.78. The van der Waals surface area contributed by atoms with E-state index in [1.807, 2.05) is 50.3 Å². The van der Waals surface area contributed by atoms with Crippen LogP contribution >= 0.6 is 0 Å². The minimum absolute atomic E-state index is 0.287. The second-order valence-electron chi connectivity index (χ2n) is 4.63. The predicted octanol–water partition coefficient (Wildman–Crippen LogP) is 2.21. The Bertz CT molecular complexity index is 384. The molecule has 1 unspecified atom stereocenters. The summed E-state index contributed by atoms with van der Waals surface area (Å²) in [5, 5.41) is 9.95. The lowest BCUT2D eigenvalue weighted by molar-refractivity contribution is -0.147. The van der Waals surface area contributed by atoms with E-state index in [1.54, 1.807) is 6.08 Å². The minimum Gasteiger partial charge on any atom is -0.386 e. The number of hydrogen-bond donors (Lipinski definition) is 1. The first-order chi connectivity index (χ1) is 8.07. The lowest BCUT2D eigenvalue weighted by Gasteiger charge is -2.18. The largest absolute Gasteiger partial charge is 0.386 e. The van der Waals surface area contributed by atoms with E-state index in [-0.39, 0.29) is 6.10 Å². The van der Waals surface area contributed by atoms with Gasteiger partial charge in [0, 0.05) is 0 Å². The molecule has 3 nitrogen and oxygen atoms in total. The van der Waals surface area contributed by atoms with Crippen LogP contribution in [0.3, 0.4) is 0 Å². The van der Waals surface area contributed by atoms with E-state index in [1.165, 1.54) is 0 Å². The molecule has 1 aliphatic heterocycles. The second-order valence-corrected chi connectivity index (χ2v) is 4.63. The van der Waals surface area contributed by atoms with Crippen LogP contribution in [0.5, 0.6) is 0 Å². The summed E-state index contributed by atoms with van der Waals surface area (Å²) in [6.07, 6.45) is 2.70. The summed E-state index contributed by atoms with van der Waals surface area (Å²) in [6.45, 7) is 4.12. The topological polar surface area (TPSA) is 38.7 Å². The molecule has 0 spiro atoms. The van der Waals surface area contributed by atoms with Crippen LogP contribution in [0.2, 0.25) is 0 Å². The van der Waals surface area contributed by atoms with Gasteiger partial charge in [-0.25, -0.2) is 0 Å². The lowest BCUT2D eigenvalue weighted by Crippen LogP contribution is -2.29. The minimum atomic E-state index is -0.642. The summed E-state index contributed by atoms with van der Waals surface area (Å²) in [4.78, 5) is 0. The Morgan fingerprint density at radius 2 is 2.06 bits per heavy atom. The molecular weight excluding hydrogens is 216 g/mol. The first-order valence-corrected chi connectivity index (χ1v) is 5.80. The maximum Gasteiger partial charge on any atom is 0.163 e. The molecule has 0 saturated carbocycles. The van der Waals surface area contributed by atoms with Crippen LogP contribution in [0, 0.1) is 0 Å². The van der Waals surface area contributed by atoms with Gasteiger partial charge in [0.25, 0.3) is 0 Å². The van der Waals surface area contributed by atoms with Crippen LogP contribution in [0.15, 0.2) is 36.4 Å².